The SMILES string of the molecule is C=C(C(=O)Nc1ccc(N2CCCOC2=N)cc1)C(=N/C=C\N)C(=O)Nc1ccc(Cl)cn1. The standard InChI is InChI=1S/C22H22ClN7O3/c1-14(19(26-10-9-24)21(32)29-18-8-3-15(23)13-27-18)20(31)28-16-4-6-17(7-5-16)30-11-2-12-33-22(30)25/h3-10,13,25H,1-2,11-12,24H2,(H,28,31)(H,27,29,32)/b10-9-,25-22?,26-19?. The zero-order valence-corrected chi connectivity index (χ0v) is 18.3. The second-order valence-corrected chi connectivity index (χ2v) is 7.21. The number of rotatable bonds is 7. The van der Waals surface area contributed by atoms with E-state index in [1.54, 1.807) is 35.2 Å². The van der Waals surface area contributed by atoms with Gasteiger partial charge in [-0.25, -0.2) is 9.98 Å². The lowest BCUT2D eigenvalue weighted by Crippen LogP contribution is -2.38. The molecule has 2 heterocycles. The minimum absolute atomic E-state index is 0.0846. The molecule has 1 aliphatic heterocycles. The van der Waals surface area contributed by atoms with Crippen LogP contribution in [0.25, 0.3) is 0 Å². The Bertz CT molecular complexity index is 1110. The summed E-state index contributed by atoms with van der Waals surface area (Å²) >= 11 is 5.80. The molecule has 3 rings (SSSR count). The molecule has 0 unspecified atom stereocenters. The maximum absolute atomic E-state index is 12.7. The van der Waals surface area contributed by atoms with Crippen molar-refractivity contribution < 1.29 is 14.3 Å². The number of amidine groups is 1. The van der Waals surface area contributed by atoms with Crippen LogP contribution in [0, 0.1) is 5.41 Å². The van der Waals surface area contributed by atoms with Crippen LogP contribution in [0.2, 0.25) is 5.02 Å². The molecule has 2 amide bonds. The maximum Gasteiger partial charge on any atom is 0.288 e. The number of benzene rings is 1. The van der Waals surface area contributed by atoms with Gasteiger partial charge in [0.1, 0.15) is 11.5 Å². The monoisotopic (exact) mass is 467 g/mol. The molecular weight excluding hydrogens is 446 g/mol. The molecular formula is C22H22ClN7O3. The highest BCUT2D eigenvalue weighted by atomic mass is 35.5. The van der Waals surface area contributed by atoms with Crippen LogP contribution in [-0.4, -0.2) is 41.7 Å². The van der Waals surface area contributed by atoms with Crippen LogP contribution in [0.1, 0.15) is 6.42 Å². The Labute approximate surface area is 195 Å². The van der Waals surface area contributed by atoms with Crippen molar-refractivity contribution >= 4 is 52.3 Å². The van der Waals surface area contributed by atoms with Crippen LogP contribution in [0.3, 0.4) is 0 Å². The largest absolute Gasteiger partial charge is 0.465 e. The number of anilines is 3. The Morgan fingerprint density at radius 1 is 1.21 bits per heavy atom. The minimum atomic E-state index is -0.693. The van der Waals surface area contributed by atoms with E-state index in [1.807, 2.05) is 0 Å². The third-order valence-electron chi connectivity index (χ3n) is 4.48. The van der Waals surface area contributed by atoms with E-state index < -0.39 is 11.8 Å². The normalized spacial score (nSPS) is 14.0. The van der Waals surface area contributed by atoms with E-state index in [1.165, 1.54) is 18.5 Å². The Morgan fingerprint density at radius 3 is 2.61 bits per heavy atom. The summed E-state index contributed by atoms with van der Waals surface area (Å²) in [6.07, 6.45) is 4.48. The van der Waals surface area contributed by atoms with Crippen molar-refractivity contribution in [2.45, 2.75) is 6.42 Å². The number of hydrogen-bond acceptors (Lipinski definition) is 7. The summed E-state index contributed by atoms with van der Waals surface area (Å²) < 4.78 is 5.25. The molecule has 1 aromatic carbocycles. The topological polar surface area (TPSA) is 146 Å². The third-order valence-corrected chi connectivity index (χ3v) is 4.70. The Morgan fingerprint density at radius 2 is 1.97 bits per heavy atom. The first kappa shape index (κ1) is 23.5. The van der Waals surface area contributed by atoms with E-state index in [4.69, 9.17) is 27.5 Å². The molecule has 1 saturated heterocycles. The molecule has 5 N–H and O–H groups in total. The molecule has 0 radical (unpaired) electrons. The highest BCUT2D eigenvalue weighted by Gasteiger charge is 2.22. The predicted octanol–water partition coefficient (Wildman–Crippen LogP) is 2.90. The Balaban J connectivity index is 1.69. The summed E-state index contributed by atoms with van der Waals surface area (Å²) in [4.78, 5) is 35.1. The molecule has 1 aliphatic rings. The van der Waals surface area contributed by atoms with Gasteiger partial charge in [0.2, 0.25) is 0 Å². The van der Waals surface area contributed by atoms with E-state index in [2.05, 4.69) is 27.2 Å². The van der Waals surface area contributed by atoms with Crippen LogP contribution in [0.4, 0.5) is 17.2 Å². The van der Waals surface area contributed by atoms with E-state index in [9.17, 15) is 9.59 Å². The first-order valence-electron chi connectivity index (χ1n) is 9.86. The molecule has 0 spiro atoms. The number of hydrogen-bond donors (Lipinski definition) is 4. The minimum Gasteiger partial charge on any atom is -0.465 e. The highest BCUT2D eigenvalue weighted by molar-refractivity contribution is 6.54. The maximum atomic E-state index is 12.7. The predicted molar refractivity (Wildman–Crippen MR) is 128 cm³/mol. The molecule has 0 bridgehead atoms. The van der Waals surface area contributed by atoms with Crippen molar-refractivity contribution in [1.29, 1.82) is 5.41 Å². The number of ether oxygens (including phenoxy) is 1. The lowest BCUT2D eigenvalue weighted by molar-refractivity contribution is -0.113. The summed E-state index contributed by atoms with van der Waals surface area (Å²) in [5.41, 5.74) is 6.16. The van der Waals surface area contributed by atoms with Gasteiger partial charge in [0.15, 0.2) is 0 Å². The van der Waals surface area contributed by atoms with Crippen molar-refractivity contribution in [2.24, 2.45) is 10.7 Å². The highest BCUT2D eigenvalue weighted by Crippen LogP contribution is 2.21. The molecule has 1 aromatic heterocycles. The fourth-order valence-corrected chi connectivity index (χ4v) is 2.98. The molecule has 33 heavy (non-hydrogen) atoms. The zero-order valence-electron chi connectivity index (χ0n) is 17.5. The van der Waals surface area contributed by atoms with Gasteiger partial charge in [-0.2, -0.15) is 0 Å². The molecule has 1 fully saturated rings. The van der Waals surface area contributed by atoms with E-state index in [0.29, 0.717) is 23.9 Å². The van der Waals surface area contributed by atoms with E-state index in [-0.39, 0.29) is 23.1 Å². The number of pyridine rings is 1. The van der Waals surface area contributed by atoms with Crippen LogP contribution in [0.5, 0.6) is 0 Å². The van der Waals surface area contributed by atoms with Crippen molar-refractivity contribution in [3.05, 3.63) is 72.2 Å². The van der Waals surface area contributed by atoms with Crippen LogP contribution < -0.4 is 21.3 Å². The summed E-state index contributed by atoms with van der Waals surface area (Å²) in [5, 5.41) is 13.5. The average molecular weight is 468 g/mol. The second kappa shape index (κ2) is 10.9. The summed E-state index contributed by atoms with van der Waals surface area (Å²) in [6, 6.07) is 10.0. The van der Waals surface area contributed by atoms with Crippen molar-refractivity contribution in [1.82, 2.24) is 4.98 Å². The number of nitrogens with two attached hydrogens (primary N) is 1. The van der Waals surface area contributed by atoms with Gasteiger partial charge >= 0.3 is 0 Å². The van der Waals surface area contributed by atoms with Gasteiger partial charge in [0.25, 0.3) is 17.8 Å². The summed E-state index contributed by atoms with van der Waals surface area (Å²) in [5.74, 6) is -1.09. The van der Waals surface area contributed by atoms with E-state index >= 15 is 0 Å². The van der Waals surface area contributed by atoms with E-state index in [0.717, 1.165) is 18.3 Å². The van der Waals surface area contributed by atoms with Gasteiger partial charge in [-0.15, -0.1) is 0 Å². The summed E-state index contributed by atoms with van der Waals surface area (Å²) in [6.45, 7) is 4.91. The molecule has 11 heteroatoms. The number of halogens is 1. The smallest absolute Gasteiger partial charge is 0.288 e. The molecule has 170 valence electrons. The number of aromatic nitrogens is 1. The fourth-order valence-electron chi connectivity index (χ4n) is 2.87. The van der Waals surface area contributed by atoms with Gasteiger partial charge in [-0.3, -0.25) is 19.9 Å². The molecule has 0 atom stereocenters. The van der Waals surface area contributed by atoms with Gasteiger partial charge in [-0.05, 0) is 42.8 Å². The zero-order chi connectivity index (χ0) is 23.8. The average Bonchev–Trinajstić information content (AvgIpc) is 2.81. The molecule has 10 nitrogen and oxygen atoms in total. The number of nitrogens with one attached hydrogen (secondary N) is 3. The Kier molecular flexibility index (Phi) is 7.77. The lowest BCUT2D eigenvalue weighted by atomic mass is 10.1. The van der Waals surface area contributed by atoms with Gasteiger partial charge in [-0.1, -0.05) is 18.2 Å². The second-order valence-electron chi connectivity index (χ2n) is 6.77. The van der Waals surface area contributed by atoms with Crippen LogP contribution in [-0.2, 0) is 14.3 Å². The summed E-state index contributed by atoms with van der Waals surface area (Å²) in [7, 11) is 0. The van der Waals surface area contributed by atoms with Gasteiger partial charge < -0.3 is 21.1 Å². The first-order valence-corrected chi connectivity index (χ1v) is 10.2. The number of nitrogens with zero attached hydrogens (tertiary/aromatic N) is 3. The Hall–Kier alpha value is -4.18. The lowest BCUT2D eigenvalue weighted by Gasteiger charge is -2.28. The van der Waals surface area contributed by atoms with Gasteiger partial charge in [0.05, 0.1) is 17.2 Å². The number of carbonyl (C=O) groups is 2. The quantitative estimate of drug-likeness (QED) is 0.363. The number of amides is 2. The van der Waals surface area contributed by atoms with Crippen molar-refractivity contribution in [3.63, 3.8) is 0 Å². The third kappa shape index (κ3) is 6.17. The van der Waals surface area contributed by atoms with Crippen LogP contribution >= 0.6 is 11.6 Å². The van der Waals surface area contributed by atoms with Crippen LogP contribution in [0.15, 0.2) is 72.1 Å². The number of carbonyl (C=O) groups excluding carboxylic acids is 2. The number of aliphatic imine (C=N–C) groups is 1. The molecule has 2 aromatic rings. The first-order chi connectivity index (χ1) is 15.9. The van der Waals surface area contributed by atoms with Crippen molar-refractivity contribution in [3.8, 4) is 0 Å². The molecule has 0 saturated carbocycles. The fraction of sp³-hybridized carbons (Fsp3) is 0.136. The molecule has 0 aliphatic carbocycles. The van der Waals surface area contributed by atoms with Gasteiger partial charge in [0, 0.05) is 36.5 Å². The van der Waals surface area contributed by atoms with Crippen molar-refractivity contribution in [2.75, 3.05) is 28.7 Å².